The van der Waals surface area contributed by atoms with Gasteiger partial charge in [-0.05, 0) is 6.92 Å². The van der Waals surface area contributed by atoms with Gasteiger partial charge in [0.1, 0.15) is 0 Å². The van der Waals surface area contributed by atoms with Gasteiger partial charge in [-0.25, -0.2) is 4.79 Å². The lowest BCUT2D eigenvalue weighted by molar-refractivity contribution is -0.00773. The Bertz CT molecular complexity index is 608. The largest absolute Gasteiger partial charge is 0.493 e. The van der Waals surface area contributed by atoms with E-state index in [1.807, 2.05) is 0 Å². The van der Waals surface area contributed by atoms with Gasteiger partial charge in [-0.15, -0.1) is 0 Å². The summed E-state index contributed by atoms with van der Waals surface area (Å²) in [6.45, 7) is 1.75. The predicted molar refractivity (Wildman–Crippen MR) is 71.9 cm³/mol. The highest BCUT2D eigenvalue weighted by molar-refractivity contribution is 6.08. The highest BCUT2D eigenvalue weighted by atomic mass is 16.5. The molecule has 1 unspecified atom stereocenters. The number of anilines is 1. The van der Waals surface area contributed by atoms with Crippen molar-refractivity contribution < 1.29 is 24.2 Å². The zero-order valence-corrected chi connectivity index (χ0v) is 11.5. The van der Waals surface area contributed by atoms with Crippen molar-refractivity contribution in [1.82, 2.24) is 0 Å². The number of carbonyl (C=O) groups is 1. The van der Waals surface area contributed by atoms with Crippen molar-refractivity contribution in [1.29, 1.82) is 0 Å². The average molecular weight is 277 g/mol. The molecular weight excluding hydrogens is 262 g/mol. The zero-order valence-electron chi connectivity index (χ0n) is 11.5. The van der Waals surface area contributed by atoms with Crippen LogP contribution in [-0.4, -0.2) is 42.0 Å². The summed E-state index contributed by atoms with van der Waals surface area (Å²) in [5, 5.41) is 9.36. The van der Waals surface area contributed by atoms with Gasteiger partial charge in [-0.3, -0.25) is 4.90 Å². The minimum Gasteiger partial charge on any atom is -0.493 e. The van der Waals surface area contributed by atoms with Gasteiger partial charge in [0.2, 0.25) is 0 Å². The molecule has 0 fully saturated rings. The van der Waals surface area contributed by atoms with Crippen LogP contribution in [0, 0.1) is 0 Å². The quantitative estimate of drug-likeness (QED) is 0.660. The molecule has 7 nitrogen and oxygen atoms in total. The fourth-order valence-corrected chi connectivity index (χ4v) is 2.40. The standard InChI is InChI=1S/C13H15N3O4/c1-7-4-9(15-14)8-5-11(19-2)12(20-3)6-10(8)16(7)13(17)18/h5-7H,4H2,1-3H3,(H,17,18). The van der Waals surface area contributed by atoms with Gasteiger partial charge < -0.3 is 20.1 Å². The van der Waals surface area contributed by atoms with Crippen LogP contribution in [0.15, 0.2) is 12.1 Å². The Morgan fingerprint density at radius 3 is 2.50 bits per heavy atom. The second kappa shape index (κ2) is 5.22. The molecule has 7 heteroatoms. The van der Waals surface area contributed by atoms with Crippen LogP contribution >= 0.6 is 0 Å². The van der Waals surface area contributed by atoms with Crippen LogP contribution in [-0.2, 0) is 0 Å². The second-order valence-corrected chi connectivity index (χ2v) is 4.48. The first kappa shape index (κ1) is 13.9. The maximum Gasteiger partial charge on any atom is 0.412 e. The molecule has 0 bridgehead atoms. The van der Waals surface area contributed by atoms with E-state index in [0.717, 1.165) is 0 Å². The Hall–Kier alpha value is -2.53. The summed E-state index contributed by atoms with van der Waals surface area (Å²) >= 11 is 0. The van der Waals surface area contributed by atoms with Gasteiger partial charge in [0.15, 0.2) is 11.5 Å². The lowest BCUT2D eigenvalue weighted by Crippen LogP contribution is -2.43. The van der Waals surface area contributed by atoms with E-state index in [-0.39, 0.29) is 6.04 Å². The molecular formula is C13H15N3O4. The van der Waals surface area contributed by atoms with E-state index in [2.05, 4.69) is 4.79 Å². The molecule has 0 aromatic heterocycles. The Labute approximate surface area is 116 Å². The monoisotopic (exact) mass is 277 g/mol. The van der Waals surface area contributed by atoms with Gasteiger partial charge in [-0.1, -0.05) is 0 Å². The molecule has 1 aromatic carbocycles. The van der Waals surface area contributed by atoms with Crippen molar-refractivity contribution >= 4 is 17.5 Å². The van der Waals surface area contributed by atoms with E-state index in [4.69, 9.17) is 15.0 Å². The van der Waals surface area contributed by atoms with Gasteiger partial charge in [-0.2, -0.15) is 4.79 Å². The van der Waals surface area contributed by atoms with E-state index in [9.17, 15) is 9.90 Å². The summed E-state index contributed by atoms with van der Waals surface area (Å²) in [7, 11) is 2.96. The minimum absolute atomic E-state index is 0.325. The number of nitrogens with zero attached hydrogens (tertiary/aromatic N) is 3. The predicted octanol–water partition coefficient (Wildman–Crippen LogP) is 2.00. The first-order valence-corrected chi connectivity index (χ1v) is 6.03. The van der Waals surface area contributed by atoms with E-state index in [1.165, 1.54) is 19.1 Å². The lowest BCUT2D eigenvalue weighted by Gasteiger charge is -2.31. The van der Waals surface area contributed by atoms with E-state index >= 15 is 0 Å². The van der Waals surface area contributed by atoms with Gasteiger partial charge in [0.25, 0.3) is 0 Å². The van der Waals surface area contributed by atoms with Crippen molar-refractivity contribution in [3.05, 3.63) is 23.2 Å². The molecule has 1 N–H and O–H groups in total. The summed E-state index contributed by atoms with van der Waals surface area (Å²) in [5.41, 5.74) is 10.5. The van der Waals surface area contributed by atoms with Gasteiger partial charge in [0, 0.05) is 18.2 Å². The number of amides is 1. The summed E-state index contributed by atoms with van der Waals surface area (Å²) in [5.74, 6) is 0.871. The fraction of sp³-hybridized carbons (Fsp3) is 0.385. The van der Waals surface area contributed by atoms with Crippen LogP contribution in [0.3, 0.4) is 0 Å². The van der Waals surface area contributed by atoms with Crippen LogP contribution in [0.2, 0.25) is 0 Å². The maximum atomic E-state index is 11.4. The van der Waals surface area contributed by atoms with Crippen LogP contribution in [0.1, 0.15) is 18.9 Å². The van der Waals surface area contributed by atoms with Gasteiger partial charge in [0.05, 0.1) is 31.9 Å². The zero-order chi connectivity index (χ0) is 14.9. The summed E-state index contributed by atoms with van der Waals surface area (Å²) in [4.78, 5) is 15.9. The topological polar surface area (TPSA) is 95.4 Å². The SMILES string of the molecule is COc1cc2c(cc1OC)N(C(=O)O)C(C)CC2=[N+]=[N-]. The Morgan fingerprint density at radius 2 is 2.00 bits per heavy atom. The third-order valence-corrected chi connectivity index (χ3v) is 3.33. The Morgan fingerprint density at radius 1 is 1.40 bits per heavy atom. The average Bonchev–Trinajstić information content (AvgIpc) is 2.44. The van der Waals surface area contributed by atoms with Crippen molar-refractivity contribution in [2.75, 3.05) is 19.1 Å². The van der Waals surface area contributed by atoms with Gasteiger partial charge >= 0.3 is 11.8 Å². The number of hydrogen-bond acceptors (Lipinski definition) is 3. The molecule has 0 radical (unpaired) electrons. The van der Waals surface area contributed by atoms with Crippen molar-refractivity contribution in [3.8, 4) is 11.5 Å². The van der Waals surface area contributed by atoms with Crippen molar-refractivity contribution in [3.63, 3.8) is 0 Å². The summed E-state index contributed by atoms with van der Waals surface area (Å²) < 4.78 is 10.4. The molecule has 2 rings (SSSR count). The molecule has 1 aromatic rings. The fourth-order valence-electron chi connectivity index (χ4n) is 2.40. The number of benzene rings is 1. The van der Waals surface area contributed by atoms with Crippen LogP contribution in [0.4, 0.5) is 10.5 Å². The number of fused-ring (bicyclic) bond motifs is 1. The molecule has 0 saturated heterocycles. The Kier molecular flexibility index (Phi) is 3.63. The molecule has 0 spiro atoms. The summed E-state index contributed by atoms with van der Waals surface area (Å²) in [6, 6.07) is 2.86. The van der Waals surface area contributed by atoms with Crippen molar-refractivity contribution in [2.24, 2.45) is 0 Å². The first-order valence-electron chi connectivity index (χ1n) is 6.03. The molecule has 0 aliphatic carbocycles. The number of hydrogen-bond donors (Lipinski definition) is 1. The van der Waals surface area contributed by atoms with E-state index in [1.54, 1.807) is 19.1 Å². The second-order valence-electron chi connectivity index (χ2n) is 4.48. The molecule has 20 heavy (non-hydrogen) atoms. The summed E-state index contributed by atoms with van der Waals surface area (Å²) in [6.07, 6.45) is -0.742. The molecule has 1 aliphatic rings. The number of methoxy groups -OCH3 is 2. The molecule has 106 valence electrons. The van der Waals surface area contributed by atoms with Crippen LogP contribution < -0.4 is 14.4 Å². The minimum atomic E-state index is -1.07. The normalized spacial score (nSPS) is 17.2. The molecule has 1 aliphatic heterocycles. The van der Waals surface area contributed by atoms with Crippen molar-refractivity contribution in [2.45, 2.75) is 19.4 Å². The molecule has 1 amide bonds. The molecule has 1 atom stereocenters. The first-order chi connectivity index (χ1) is 9.53. The number of ether oxygens (including phenoxy) is 2. The third kappa shape index (κ3) is 2.08. The smallest absolute Gasteiger partial charge is 0.412 e. The number of rotatable bonds is 2. The number of carboxylic acid groups (broad SMARTS) is 1. The third-order valence-electron chi connectivity index (χ3n) is 3.33. The molecule has 1 heterocycles. The van der Waals surface area contributed by atoms with Crippen LogP contribution in [0.25, 0.3) is 5.53 Å². The van der Waals surface area contributed by atoms with E-state index in [0.29, 0.717) is 34.9 Å². The highest BCUT2D eigenvalue weighted by Gasteiger charge is 2.37. The highest BCUT2D eigenvalue weighted by Crippen LogP contribution is 2.39. The lowest BCUT2D eigenvalue weighted by atomic mass is 9.94. The maximum absolute atomic E-state index is 11.4. The van der Waals surface area contributed by atoms with E-state index < -0.39 is 6.09 Å². The Balaban J connectivity index is 2.72. The van der Waals surface area contributed by atoms with Crippen LogP contribution in [0.5, 0.6) is 11.5 Å². The molecule has 0 saturated carbocycles.